The van der Waals surface area contributed by atoms with Crippen LogP contribution in [0.1, 0.15) is 0 Å². The molecule has 9 heteroatoms. The van der Waals surface area contributed by atoms with Crippen LogP contribution < -0.4 is 10.6 Å². The fourth-order valence-electron chi connectivity index (χ4n) is 2.59. The molecule has 0 saturated carbocycles. The van der Waals surface area contributed by atoms with E-state index in [9.17, 15) is 10.1 Å². The molecule has 0 radical (unpaired) electrons. The second-order valence-corrected chi connectivity index (χ2v) is 5.99. The van der Waals surface area contributed by atoms with E-state index in [1.165, 1.54) is 18.3 Å². The topological polar surface area (TPSA) is 101 Å². The number of nitrogens with two attached hydrogens (primary N) is 1. The zero-order valence-corrected chi connectivity index (χ0v) is 14.1. The summed E-state index contributed by atoms with van der Waals surface area (Å²) in [7, 11) is 0. The van der Waals surface area contributed by atoms with Crippen molar-refractivity contribution in [3.63, 3.8) is 0 Å². The van der Waals surface area contributed by atoms with Crippen LogP contribution in [0.15, 0.2) is 47.6 Å². The summed E-state index contributed by atoms with van der Waals surface area (Å²) < 4.78 is 0. The molecule has 1 aliphatic rings. The van der Waals surface area contributed by atoms with Gasteiger partial charge in [-0.05, 0) is 30.3 Å². The Morgan fingerprint density at radius 2 is 1.84 bits per heavy atom. The number of aromatic nitrogens is 1. The molecule has 0 amide bonds. The van der Waals surface area contributed by atoms with E-state index in [1.54, 1.807) is 0 Å². The predicted molar refractivity (Wildman–Crippen MR) is 97.4 cm³/mol. The van der Waals surface area contributed by atoms with Gasteiger partial charge in [0, 0.05) is 43.0 Å². The molecule has 0 atom stereocenters. The monoisotopic (exact) mass is 360 g/mol. The van der Waals surface area contributed by atoms with Crippen molar-refractivity contribution in [2.24, 2.45) is 10.7 Å². The Kier molecular flexibility index (Phi) is 4.99. The van der Waals surface area contributed by atoms with Gasteiger partial charge < -0.3 is 15.5 Å². The number of rotatable bonds is 3. The Morgan fingerprint density at radius 3 is 2.40 bits per heavy atom. The number of halogens is 1. The van der Waals surface area contributed by atoms with Gasteiger partial charge in [0.05, 0.1) is 4.92 Å². The maximum absolute atomic E-state index is 10.6. The first-order chi connectivity index (χ1) is 12.0. The number of nitro groups is 1. The highest BCUT2D eigenvalue weighted by Gasteiger charge is 2.18. The van der Waals surface area contributed by atoms with Crippen molar-refractivity contribution in [2.45, 2.75) is 0 Å². The van der Waals surface area contributed by atoms with Crippen molar-refractivity contribution in [1.29, 1.82) is 0 Å². The second-order valence-electron chi connectivity index (χ2n) is 5.55. The normalized spacial score (nSPS) is 15.3. The third-order valence-electron chi connectivity index (χ3n) is 3.97. The molecule has 1 saturated heterocycles. The van der Waals surface area contributed by atoms with Crippen molar-refractivity contribution >= 4 is 34.8 Å². The first-order valence-corrected chi connectivity index (χ1v) is 8.11. The van der Waals surface area contributed by atoms with Gasteiger partial charge in [0.15, 0.2) is 11.8 Å². The maximum atomic E-state index is 10.6. The van der Waals surface area contributed by atoms with Crippen molar-refractivity contribution in [3.05, 3.63) is 57.7 Å². The highest BCUT2D eigenvalue weighted by molar-refractivity contribution is 6.30. The third kappa shape index (κ3) is 4.16. The van der Waals surface area contributed by atoms with Crippen LogP contribution in [0.3, 0.4) is 0 Å². The number of aliphatic imine (C=N–C) groups is 1. The number of nitrogens with zero attached hydrogens (tertiary/aromatic N) is 5. The minimum atomic E-state index is -0.500. The van der Waals surface area contributed by atoms with Gasteiger partial charge in [0.25, 0.3) is 5.69 Å². The Morgan fingerprint density at radius 1 is 1.16 bits per heavy atom. The van der Waals surface area contributed by atoms with Gasteiger partial charge in [-0.3, -0.25) is 10.1 Å². The van der Waals surface area contributed by atoms with Crippen LogP contribution in [-0.2, 0) is 0 Å². The lowest BCUT2D eigenvalue weighted by Crippen LogP contribution is -2.51. The molecule has 130 valence electrons. The lowest BCUT2D eigenvalue weighted by atomic mass is 10.2. The lowest BCUT2D eigenvalue weighted by Gasteiger charge is -2.36. The summed E-state index contributed by atoms with van der Waals surface area (Å²) >= 11 is 5.92. The van der Waals surface area contributed by atoms with Gasteiger partial charge in [-0.25, -0.2) is 4.98 Å². The van der Waals surface area contributed by atoms with Gasteiger partial charge in [-0.2, -0.15) is 4.99 Å². The molecule has 1 fully saturated rings. The van der Waals surface area contributed by atoms with Crippen LogP contribution in [0.5, 0.6) is 0 Å². The first-order valence-electron chi connectivity index (χ1n) is 7.73. The van der Waals surface area contributed by atoms with E-state index in [2.05, 4.69) is 14.9 Å². The number of hydrogen-bond donors (Lipinski definition) is 1. The molecule has 0 spiro atoms. The first kappa shape index (κ1) is 17.0. The van der Waals surface area contributed by atoms with Crippen LogP contribution >= 0.6 is 11.6 Å². The van der Waals surface area contributed by atoms with E-state index in [4.69, 9.17) is 17.3 Å². The molecule has 0 bridgehead atoms. The molecular weight excluding hydrogens is 344 g/mol. The van der Waals surface area contributed by atoms with Crippen molar-refractivity contribution in [2.75, 3.05) is 31.1 Å². The Labute approximate surface area is 149 Å². The van der Waals surface area contributed by atoms with Crippen LogP contribution in [0.2, 0.25) is 5.02 Å². The quantitative estimate of drug-likeness (QED) is 0.390. The van der Waals surface area contributed by atoms with E-state index in [1.807, 2.05) is 29.2 Å². The number of piperazine rings is 1. The van der Waals surface area contributed by atoms with Crippen LogP contribution in [0, 0.1) is 10.1 Å². The summed E-state index contributed by atoms with van der Waals surface area (Å²) in [4.78, 5) is 22.5. The van der Waals surface area contributed by atoms with Crippen LogP contribution in [0.4, 0.5) is 17.2 Å². The number of guanidine groups is 1. The van der Waals surface area contributed by atoms with E-state index in [0.29, 0.717) is 11.8 Å². The molecule has 2 aromatic rings. The van der Waals surface area contributed by atoms with Gasteiger partial charge in [0.2, 0.25) is 0 Å². The summed E-state index contributed by atoms with van der Waals surface area (Å²) in [6, 6.07) is 10.6. The molecule has 25 heavy (non-hydrogen) atoms. The van der Waals surface area contributed by atoms with Crippen LogP contribution in [0.25, 0.3) is 0 Å². The third-order valence-corrected chi connectivity index (χ3v) is 4.22. The summed E-state index contributed by atoms with van der Waals surface area (Å²) in [5, 5.41) is 11.3. The fourth-order valence-corrected chi connectivity index (χ4v) is 2.71. The molecule has 1 aliphatic heterocycles. The van der Waals surface area contributed by atoms with Gasteiger partial charge in [-0.15, -0.1) is 0 Å². The summed E-state index contributed by atoms with van der Waals surface area (Å²) in [6.45, 7) is 3.08. The zero-order chi connectivity index (χ0) is 17.8. The molecule has 1 aromatic heterocycles. The summed E-state index contributed by atoms with van der Waals surface area (Å²) in [5.74, 6) is 0.709. The lowest BCUT2D eigenvalue weighted by molar-refractivity contribution is -0.385. The van der Waals surface area contributed by atoms with Crippen molar-refractivity contribution in [1.82, 2.24) is 9.88 Å². The highest BCUT2D eigenvalue weighted by Crippen LogP contribution is 2.20. The van der Waals surface area contributed by atoms with E-state index in [0.717, 1.165) is 36.9 Å². The molecule has 0 unspecified atom stereocenters. The standard InChI is InChI=1S/C16H17ClN6O2/c17-12-1-3-13(4-2-12)21-7-9-22(10-8-21)16(18)20-15-6-5-14(11-19-15)23(24)25/h1-6,11H,7-10H2,(H2,18,19,20). The average molecular weight is 361 g/mol. The SMILES string of the molecule is NC(=Nc1ccc([N+](=O)[O-])cn1)N1CCN(c2ccc(Cl)cc2)CC1. The van der Waals surface area contributed by atoms with Crippen molar-refractivity contribution in [3.8, 4) is 0 Å². The minimum absolute atomic E-state index is 0.0749. The molecule has 2 N–H and O–H groups in total. The van der Waals surface area contributed by atoms with E-state index in [-0.39, 0.29) is 5.69 Å². The van der Waals surface area contributed by atoms with Gasteiger partial charge in [0.1, 0.15) is 6.20 Å². The maximum Gasteiger partial charge on any atom is 0.287 e. The number of pyridine rings is 1. The summed E-state index contributed by atoms with van der Waals surface area (Å²) in [6.07, 6.45) is 1.17. The molecular formula is C16H17ClN6O2. The molecule has 3 rings (SSSR count). The fraction of sp³-hybridized carbons (Fsp3) is 0.250. The smallest absolute Gasteiger partial charge is 0.287 e. The van der Waals surface area contributed by atoms with E-state index >= 15 is 0 Å². The molecule has 1 aromatic carbocycles. The Hall–Kier alpha value is -2.87. The molecule has 0 aliphatic carbocycles. The largest absolute Gasteiger partial charge is 0.369 e. The Bertz CT molecular complexity index is 770. The van der Waals surface area contributed by atoms with Crippen LogP contribution in [-0.4, -0.2) is 46.9 Å². The predicted octanol–water partition coefficient (Wildman–Crippen LogP) is 2.41. The zero-order valence-electron chi connectivity index (χ0n) is 13.4. The molecule has 2 heterocycles. The summed E-state index contributed by atoms with van der Waals surface area (Å²) in [5.41, 5.74) is 7.10. The number of anilines is 1. The molecule has 8 nitrogen and oxygen atoms in total. The average Bonchev–Trinajstić information content (AvgIpc) is 2.63. The van der Waals surface area contributed by atoms with Gasteiger partial charge in [-0.1, -0.05) is 11.6 Å². The second kappa shape index (κ2) is 7.35. The Balaban J connectivity index is 1.61. The number of hydrogen-bond acceptors (Lipinski definition) is 5. The minimum Gasteiger partial charge on any atom is -0.369 e. The highest BCUT2D eigenvalue weighted by atomic mass is 35.5. The number of benzene rings is 1. The van der Waals surface area contributed by atoms with Crippen molar-refractivity contribution < 1.29 is 4.92 Å². The van der Waals surface area contributed by atoms with Gasteiger partial charge >= 0.3 is 0 Å². The van der Waals surface area contributed by atoms with E-state index < -0.39 is 4.92 Å².